The van der Waals surface area contributed by atoms with Crippen molar-refractivity contribution in [2.45, 2.75) is 12.8 Å². The van der Waals surface area contributed by atoms with Gasteiger partial charge in [-0.15, -0.1) is 0 Å². The van der Waals surface area contributed by atoms with E-state index in [2.05, 4.69) is 0 Å². The van der Waals surface area contributed by atoms with Crippen LogP contribution in [0.4, 0.5) is 5.69 Å². The Hall–Kier alpha value is -2.15. The molecule has 18 heavy (non-hydrogen) atoms. The van der Waals surface area contributed by atoms with Crippen molar-refractivity contribution in [1.82, 2.24) is 0 Å². The molecule has 0 aliphatic heterocycles. The van der Waals surface area contributed by atoms with Crippen molar-refractivity contribution in [2.24, 2.45) is 5.73 Å². The number of carbonyl (C=O) groups excluding carboxylic acids is 1. The minimum atomic E-state index is -0.549. The third kappa shape index (κ3) is 4.02. The molecule has 0 fully saturated rings. The first-order valence-electron chi connectivity index (χ1n) is 5.34. The van der Waals surface area contributed by atoms with E-state index in [1.54, 1.807) is 0 Å². The van der Waals surface area contributed by atoms with Gasteiger partial charge in [0.1, 0.15) is 5.75 Å². The number of aliphatic hydroxyl groups is 1. The predicted molar refractivity (Wildman–Crippen MR) is 63.2 cm³/mol. The maximum Gasteiger partial charge on any atom is 0.273 e. The number of aliphatic hydroxyl groups excluding tert-OH is 1. The van der Waals surface area contributed by atoms with Gasteiger partial charge in [-0.05, 0) is 6.07 Å². The predicted octanol–water partition coefficient (Wildman–Crippen LogP) is 0.384. The molecule has 7 heteroatoms. The summed E-state index contributed by atoms with van der Waals surface area (Å²) in [6.45, 7) is 0.170. The van der Waals surface area contributed by atoms with E-state index in [-0.39, 0.29) is 31.1 Å². The lowest BCUT2D eigenvalue weighted by molar-refractivity contribution is -0.385. The fourth-order valence-corrected chi connectivity index (χ4v) is 1.37. The Kier molecular flexibility index (Phi) is 5.06. The number of nitrogens with zero attached hydrogens (tertiary/aromatic N) is 1. The number of nitro groups is 1. The van der Waals surface area contributed by atoms with Crippen molar-refractivity contribution < 1.29 is 19.6 Å². The molecule has 0 spiro atoms. The number of benzene rings is 1. The first-order valence-corrected chi connectivity index (χ1v) is 5.34. The van der Waals surface area contributed by atoms with Gasteiger partial charge >= 0.3 is 0 Å². The van der Waals surface area contributed by atoms with E-state index in [0.717, 1.165) is 0 Å². The maximum absolute atomic E-state index is 10.9. The van der Waals surface area contributed by atoms with Gasteiger partial charge in [-0.2, -0.15) is 0 Å². The number of ether oxygens (including phenoxy) is 1. The third-order valence-electron chi connectivity index (χ3n) is 2.19. The molecule has 0 saturated carbocycles. The van der Waals surface area contributed by atoms with Crippen LogP contribution in [0.5, 0.6) is 5.75 Å². The van der Waals surface area contributed by atoms with E-state index in [0.29, 0.717) is 12.0 Å². The van der Waals surface area contributed by atoms with Crippen LogP contribution in [0.1, 0.15) is 12.0 Å². The lowest BCUT2D eigenvalue weighted by Gasteiger charge is -2.09. The Morgan fingerprint density at radius 1 is 1.50 bits per heavy atom. The van der Waals surface area contributed by atoms with E-state index in [1.807, 2.05) is 0 Å². The highest BCUT2D eigenvalue weighted by atomic mass is 16.6. The van der Waals surface area contributed by atoms with Gasteiger partial charge in [0.15, 0.2) is 0 Å². The first kappa shape index (κ1) is 13.9. The van der Waals surface area contributed by atoms with Gasteiger partial charge in [-0.3, -0.25) is 14.9 Å². The fourth-order valence-electron chi connectivity index (χ4n) is 1.37. The maximum atomic E-state index is 10.9. The fraction of sp³-hybridized carbons (Fsp3) is 0.364. The minimum absolute atomic E-state index is 0.0416. The molecule has 1 amide bonds. The number of rotatable bonds is 7. The molecule has 0 aliphatic rings. The van der Waals surface area contributed by atoms with Crippen molar-refractivity contribution in [3.8, 4) is 5.75 Å². The molecule has 1 aromatic rings. The smallest absolute Gasteiger partial charge is 0.273 e. The first-order chi connectivity index (χ1) is 8.54. The molecule has 0 saturated heterocycles. The van der Waals surface area contributed by atoms with E-state index in [1.165, 1.54) is 18.2 Å². The monoisotopic (exact) mass is 254 g/mol. The summed E-state index contributed by atoms with van der Waals surface area (Å²) in [7, 11) is 0. The SMILES string of the molecule is NC(=O)Cc1ccc([N+](=O)[O-])cc1OCCCO. The van der Waals surface area contributed by atoms with Crippen molar-refractivity contribution in [1.29, 1.82) is 0 Å². The molecule has 0 heterocycles. The van der Waals surface area contributed by atoms with Crippen LogP contribution in [0.3, 0.4) is 0 Å². The van der Waals surface area contributed by atoms with Crippen LogP contribution >= 0.6 is 0 Å². The standard InChI is InChI=1S/C11H14N2O5/c12-11(15)6-8-2-3-9(13(16)17)7-10(8)18-5-1-4-14/h2-3,7,14H,1,4-6H2,(H2,12,15). The largest absolute Gasteiger partial charge is 0.493 e. The van der Waals surface area contributed by atoms with Gasteiger partial charge in [-0.1, -0.05) is 0 Å². The van der Waals surface area contributed by atoms with E-state index in [9.17, 15) is 14.9 Å². The molecule has 0 radical (unpaired) electrons. The zero-order valence-corrected chi connectivity index (χ0v) is 9.67. The van der Waals surface area contributed by atoms with Gasteiger partial charge in [0.2, 0.25) is 5.91 Å². The summed E-state index contributed by atoms with van der Waals surface area (Å²) in [6, 6.07) is 3.98. The van der Waals surface area contributed by atoms with Gasteiger partial charge in [0.25, 0.3) is 5.69 Å². The second kappa shape index (κ2) is 6.55. The van der Waals surface area contributed by atoms with Crippen molar-refractivity contribution >= 4 is 11.6 Å². The lowest BCUT2D eigenvalue weighted by Crippen LogP contribution is -2.15. The Labute approximate surface area is 103 Å². The number of nitro benzene ring substituents is 1. The topological polar surface area (TPSA) is 116 Å². The Balaban J connectivity index is 2.93. The number of non-ortho nitro benzene ring substituents is 1. The average molecular weight is 254 g/mol. The molecule has 1 rings (SSSR count). The van der Waals surface area contributed by atoms with Gasteiger partial charge in [0.05, 0.1) is 24.0 Å². The number of amides is 1. The summed E-state index contributed by atoms with van der Waals surface area (Å²) < 4.78 is 5.30. The van der Waals surface area contributed by atoms with Crippen molar-refractivity contribution in [3.05, 3.63) is 33.9 Å². The number of primary amides is 1. The molecule has 0 unspecified atom stereocenters. The lowest BCUT2D eigenvalue weighted by atomic mass is 10.1. The van der Waals surface area contributed by atoms with E-state index < -0.39 is 10.8 Å². The van der Waals surface area contributed by atoms with Crippen molar-refractivity contribution in [3.63, 3.8) is 0 Å². The number of nitrogens with two attached hydrogens (primary N) is 1. The van der Waals surface area contributed by atoms with Gasteiger partial charge < -0.3 is 15.6 Å². The summed E-state index contributed by atoms with van der Waals surface area (Å²) in [5, 5.41) is 19.3. The Bertz CT molecular complexity index is 447. The molecule has 7 nitrogen and oxygen atoms in total. The highest BCUT2D eigenvalue weighted by Gasteiger charge is 2.13. The van der Waals surface area contributed by atoms with Gasteiger partial charge in [0, 0.05) is 24.7 Å². The zero-order valence-electron chi connectivity index (χ0n) is 9.67. The van der Waals surface area contributed by atoms with Crippen LogP contribution < -0.4 is 10.5 Å². The van der Waals surface area contributed by atoms with Crippen LogP contribution in [0.25, 0.3) is 0 Å². The number of hydrogen-bond acceptors (Lipinski definition) is 5. The molecule has 3 N–H and O–H groups in total. The molecule has 1 aromatic carbocycles. The van der Waals surface area contributed by atoms with Crippen molar-refractivity contribution in [2.75, 3.05) is 13.2 Å². The Morgan fingerprint density at radius 2 is 2.22 bits per heavy atom. The summed E-state index contributed by atoms with van der Waals surface area (Å²) in [4.78, 5) is 20.9. The quantitative estimate of drug-likeness (QED) is 0.414. The normalized spacial score (nSPS) is 10.1. The van der Waals surface area contributed by atoms with E-state index in [4.69, 9.17) is 15.6 Å². The average Bonchev–Trinajstić information content (AvgIpc) is 2.30. The van der Waals surface area contributed by atoms with Crippen LogP contribution in [0.2, 0.25) is 0 Å². The highest BCUT2D eigenvalue weighted by molar-refractivity contribution is 5.77. The van der Waals surface area contributed by atoms with Crippen LogP contribution in [0.15, 0.2) is 18.2 Å². The van der Waals surface area contributed by atoms with Crippen LogP contribution in [-0.2, 0) is 11.2 Å². The zero-order chi connectivity index (χ0) is 13.5. The molecule has 98 valence electrons. The minimum Gasteiger partial charge on any atom is -0.493 e. The molecule has 0 aliphatic carbocycles. The Morgan fingerprint density at radius 3 is 2.78 bits per heavy atom. The van der Waals surface area contributed by atoms with Crippen LogP contribution in [0, 0.1) is 10.1 Å². The summed E-state index contributed by atoms with van der Waals surface area (Å²) in [6.07, 6.45) is 0.352. The molecular weight excluding hydrogens is 240 g/mol. The molecular formula is C11H14N2O5. The summed E-state index contributed by atoms with van der Waals surface area (Å²) >= 11 is 0. The van der Waals surface area contributed by atoms with E-state index >= 15 is 0 Å². The highest BCUT2D eigenvalue weighted by Crippen LogP contribution is 2.25. The second-order valence-electron chi connectivity index (χ2n) is 3.62. The van der Waals surface area contributed by atoms with Crippen LogP contribution in [-0.4, -0.2) is 29.2 Å². The third-order valence-corrected chi connectivity index (χ3v) is 2.19. The molecule has 0 aromatic heterocycles. The second-order valence-corrected chi connectivity index (χ2v) is 3.62. The summed E-state index contributed by atoms with van der Waals surface area (Å²) in [5.74, 6) is -0.299. The van der Waals surface area contributed by atoms with Gasteiger partial charge in [-0.25, -0.2) is 0 Å². The summed E-state index contributed by atoms with van der Waals surface area (Å²) in [5.41, 5.74) is 5.45. The number of carbonyl (C=O) groups is 1. The number of hydrogen-bond donors (Lipinski definition) is 2. The molecule has 0 atom stereocenters. The molecule has 0 bridgehead atoms.